The zero-order chi connectivity index (χ0) is 11.5. The van der Waals surface area contributed by atoms with E-state index >= 15 is 0 Å². The maximum Gasteiger partial charge on any atom is 0.331 e. The molecule has 6 heteroatoms. The SMILES string of the molecule is Cl.O=C(O)C(c1cccc(F)c1)n1ccnc1. The van der Waals surface area contributed by atoms with E-state index in [0.29, 0.717) is 5.56 Å². The zero-order valence-corrected chi connectivity index (χ0v) is 9.47. The average molecular weight is 257 g/mol. The smallest absolute Gasteiger partial charge is 0.331 e. The first-order valence-electron chi connectivity index (χ1n) is 4.64. The number of imidazole rings is 1. The molecule has 0 aliphatic heterocycles. The number of aliphatic carboxylic acids is 1. The van der Waals surface area contributed by atoms with E-state index in [1.807, 2.05) is 0 Å². The molecule has 2 aromatic rings. The predicted molar refractivity (Wildman–Crippen MR) is 61.6 cm³/mol. The van der Waals surface area contributed by atoms with Crippen molar-refractivity contribution in [2.75, 3.05) is 0 Å². The summed E-state index contributed by atoms with van der Waals surface area (Å²) in [5, 5.41) is 9.12. The first-order valence-corrected chi connectivity index (χ1v) is 4.64. The fourth-order valence-corrected chi connectivity index (χ4v) is 1.54. The van der Waals surface area contributed by atoms with Crippen molar-refractivity contribution >= 4 is 18.4 Å². The number of benzene rings is 1. The molecule has 90 valence electrons. The average Bonchev–Trinajstić information content (AvgIpc) is 2.71. The molecule has 0 aliphatic carbocycles. The first kappa shape index (κ1) is 13.2. The fraction of sp³-hybridized carbons (Fsp3) is 0.0909. The molecule has 1 unspecified atom stereocenters. The van der Waals surface area contributed by atoms with Gasteiger partial charge < -0.3 is 9.67 Å². The molecule has 1 aromatic heterocycles. The van der Waals surface area contributed by atoms with Crippen LogP contribution in [0.25, 0.3) is 0 Å². The highest BCUT2D eigenvalue weighted by atomic mass is 35.5. The molecular formula is C11H10ClFN2O2. The van der Waals surface area contributed by atoms with Crippen molar-refractivity contribution in [3.05, 3.63) is 54.4 Å². The van der Waals surface area contributed by atoms with Crippen molar-refractivity contribution in [3.8, 4) is 0 Å². The molecule has 0 bridgehead atoms. The van der Waals surface area contributed by atoms with Crippen LogP contribution in [0.4, 0.5) is 4.39 Å². The summed E-state index contributed by atoms with van der Waals surface area (Å²) in [6, 6.07) is 4.59. The van der Waals surface area contributed by atoms with Crippen molar-refractivity contribution in [1.82, 2.24) is 9.55 Å². The summed E-state index contributed by atoms with van der Waals surface area (Å²) in [4.78, 5) is 14.9. The number of carboxylic acid groups (broad SMARTS) is 1. The van der Waals surface area contributed by atoms with Crippen molar-refractivity contribution < 1.29 is 14.3 Å². The molecule has 1 atom stereocenters. The largest absolute Gasteiger partial charge is 0.479 e. The maximum absolute atomic E-state index is 13.0. The minimum absolute atomic E-state index is 0. The molecule has 0 aliphatic rings. The van der Waals surface area contributed by atoms with E-state index in [-0.39, 0.29) is 12.4 Å². The number of rotatable bonds is 3. The Morgan fingerprint density at radius 1 is 1.47 bits per heavy atom. The van der Waals surface area contributed by atoms with E-state index in [0.717, 1.165) is 0 Å². The summed E-state index contributed by atoms with van der Waals surface area (Å²) in [6.45, 7) is 0. The Hall–Kier alpha value is -1.88. The Labute approximate surface area is 103 Å². The van der Waals surface area contributed by atoms with E-state index in [2.05, 4.69) is 4.98 Å². The molecule has 0 spiro atoms. The van der Waals surface area contributed by atoms with Gasteiger partial charge in [0.2, 0.25) is 0 Å². The highest BCUT2D eigenvalue weighted by Crippen LogP contribution is 2.19. The van der Waals surface area contributed by atoms with E-state index in [1.165, 1.54) is 41.5 Å². The van der Waals surface area contributed by atoms with Gasteiger partial charge in [0, 0.05) is 12.4 Å². The lowest BCUT2D eigenvalue weighted by Gasteiger charge is -2.13. The molecule has 0 amide bonds. The molecule has 1 heterocycles. The Bertz CT molecular complexity index is 502. The zero-order valence-electron chi connectivity index (χ0n) is 8.65. The number of nitrogens with zero attached hydrogens (tertiary/aromatic N) is 2. The van der Waals surface area contributed by atoms with Gasteiger partial charge in [-0.05, 0) is 17.7 Å². The lowest BCUT2D eigenvalue weighted by Crippen LogP contribution is -2.19. The van der Waals surface area contributed by atoms with Crippen molar-refractivity contribution in [1.29, 1.82) is 0 Å². The van der Waals surface area contributed by atoms with Crippen LogP contribution >= 0.6 is 12.4 Å². The molecule has 1 aromatic carbocycles. The Kier molecular flexibility index (Phi) is 4.23. The number of carboxylic acids is 1. The van der Waals surface area contributed by atoms with Gasteiger partial charge in [0.05, 0.1) is 6.33 Å². The second kappa shape index (κ2) is 5.45. The standard InChI is InChI=1S/C11H9FN2O2.ClH/c12-9-3-1-2-8(6-9)10(11(15)16)14-5-4-13-7-14;/h1-7,10H,(H,15,16);1H. The molecule has 0 radical (unpaired) electrons. The van der Waals surface area contributed by atoms with Crippen LogP contribution in [0.1, 0.15) is 11.6 Å². The summed E-state index contributed by atoms with van der Waals surface area (Å²) in [7, 11) is 0. The highest BCUT2D eigenvalue weighted by Gasteiger charge is 2.21. The van der Waals surface area contributed by atoms with Gasteiger partial charge >= 0.3 is 5.97 Å². The van der Waals surface area contributed by atoms with Crippen LogP contribution in [-0.2, 0) is 4.79 Å². The van der Waals surface area contributed by atoms with E-state index < -0.39 is 17.8 Å². The fourth-order valence-electron chi connectivity index (χ4n) is 1.54. The maximum atomic E-state index is 13.0. The minimum Gasteiger partial charge on any atom is -0.479 e. The van der Waals surface area contributed by atoms with Gasteiger partial charge in [-0.15, -0.1) is 12.4 Å². The van der Waals surface area contributed by atoms with Gasteiger partial charge in [0.1, 0.15) is 5.82 Å². The van der Waals surface area contributed by atoms with Gasteiger partial charge in [-0.3, -0.25) is 0 Å². The number of halogens is 2. The van der Waals surface area contributed by atoms with Crippen LogP contribution in [0.5, 0.6) is 0 Å². The summed E-state index contributed by atoms with van der Waals surface area (Å²) in [5.74, 6) is -1.51. The Morgan fingerprint density at radius 3 is 2.76 bits per heavy atom. The molecule has 2 rings (SSSR count). The van der Waals surface area contributed by atoms with Crippen LogP contribution < -0.4 is 0 Å². The number of carbonyl (C=O) groups is 1. The summed E-state index contributed by atoms with van der Waals surface area (Å²) >= 11 is 0. The molecular weight excluding hydrogens is 247 g/mol. The van der Waals surface area contributed by atoms with Crippen LogP contribution in [0.3, 0.4) is 0 Å². The normalized spacial score (nSPS) is 11.6. The second-order valence-corrected chi connectivity index (χ2v) is 3.31. The van der Waals surface area contributed by atoms with Crippen LogP contribution in [0, 0.1) is 5.82 Å². The predicted octanol–water partition coefficient (Wildman–Crippen LogP) is 2.12. The molecule has 17 heavy (non-hydrogen) atoms. The van der Waals surface area contributed by atoms with E-state index in [4.69, 9.17) is 5.11 Å². The number of aromatic nitrogens is 2. The molecule has 0 fully saturated rings. The van der Waals surface area contributed by atoms with Gasteiger partial charge in [-0.2, -0.15) is 0 Å². The molecule has 1 N–H and O–H groups in total. The van der Waals surface area contributed by atoms with Crippen LogP contribution in [0.15, 0.2) is 43.0 Å². The van der Waals surface area contributed by atoms with Crippen molar-refractivity contribution in [2.24, 2.45) is 0 Å². The number of hydrogen-bond donors (Lipinski definition) is 1. The Morgan fingerprint density at radius 2 is 2.24 bits per heavy atom. The van der Waals surface area contributed by atoms with Gasteiger partial charge in [0.25, 0.3) is 0 Å². The summed E-state index contributed by atoms with van der Waals surface area (Å²) in [6.07, 6.45) is 4.41. The summed E-state index contributed by atoms with van der Waals surface area (Å²) in [5.41, 5.74) is 0.380. The first-order chi connectivity index (χ1) is 7.68. The van der Waals surface area contributed by atoms with Crippen molar-refractivity contribution in [3.63, 3.8) is 0 Å². The molecule has 4 nitrogen and oxygen atoms in total. The second-order valence-electron chi connectivity index (χ2n) is 3.31. The lowest BCUT2D eigenvalue weighted by atomic mass is 10.1. The number of hydrogen-bond acceptors (Lipinski definition) is 2. The van der Waals surface area contributed by atoms with Gasteiger partial charge in [-0.25, -0.2) is 14.2 Å². The monoisotopic (exact) mass is 256 g/mol. The van der Waals surface area contributed by atoms with E-state index in [9.17, 15) is 9.18 Å². The Balaban J connectivity index is 0.00000144. The topological polar surface area (TPSA) is 55.1 Å². The van der Waals surface area contributed by atoms with Crippen molar-refractivity contribution in [2.45, 2.75) is 6.04 Å². The van der Waals surface area contributed by atoms with Crippen LogP contribution in [0.2, 0.25) is 0 Å². The minimum atomic E-state index is -1.05. The summed E-state index contributed by atoms with van der Waals surface area (Å²) < 4.78 is 14.4. The van der Waals surface area contributed by atoms with E-state index in [1.54, 1.807) is 6.07 Å². The molecule has 0 saturated carbocycles. The van der Waals surface area contributed by atoms with Gasteiger partial charge in [-0.1, -0.05) is 12.1 Å². The van der Waals surface area contributed by atoms with Gasteiger partial charge in [0.15, 0.2) is 6.04 Å². The third-order valence-corrected chi connectivity index (χ3v) is 2.22. The third-order valence-electron chi connectivity index (χ3n) is 2.22. The molecule has 0 saturated heterocycles. The highest BCUT2D eigenvalue weighted by molar-refractivity contribution is 5.85. The van der Waals surface area contributed by atoms with Crippen LogP contribution in [-0.4, -0.2) is 20.6 Å². The lowest BCUT2D eigenvalue weighted by molar-refractivity contribution is -0.139. The quantitative estimate of drug-likeness (QED) is 0.915. The third kappa shape index (κ3) is 2.82.